The average Bonchev–Trinajstić information content (AvgIpc) is 2.47. The molecule has 112 valence electrons. The minimum atomic E-state index is -1.11. The molecule has 0 saturated carbocycles. The number of benzene rings is 2. The maximum atomic E-state index is 13.6. The number of aliphatic hydroxyl groups excluding tert-OH is 1. The minimum Gasteiger partial charge on any atom is -0.386 e. The zero-order valence-corrected chi connectivity index (χ0v) is 12.1. The summed E-state index contributed by atoms with van der Waals surface area (Å²) in [6.07, 6.45) is -1.11. The van der Waals surface area contributed by atoms with Gasteiger partial charge in [0.2, 0.25) is 0 Å². The Kier molecular flexibility index (Phi) is 4.91. The molecular weight excluding hydrogens is 272 g/mol. The molecule has 0 aliphatic rings. The Morgan fingerprint density at radius 2 is 1.86 bits per heavy atom. The van der Waals surface area contributed by atoms with Crippen molar-refractivity contribution in [2.24, 2.45) is 0 Å². The largest absolute Gasteiger partial charge is 0.386 e. The first-order valence-corrected chi connectivity index (χ1v) is 6.94. The van der Waals surface area contributed by atoms with Crippen LogP contribution in [0.15, 0.2) is 42.5 Å². The van der Waals surface area contributed by atoms with Gasteiger partial charge in [0.25, 0.3) is 0 Å². The quantitative estimate of drug-likeness (QED) is 0.864. The van der Waals surface area contributed by atoms with Gasteiger partial charge >= 0.3 is 0 Å². The van der Waals surface area contributed by atoms with Crippen LogP contribution in [0.1, 0.15) is 37.0 Å². The summed E-state index contributed by atoms with van der Waals surface area (Å²) in [7, 11) is 0. The molecule has 1 atom stereocenters. The third kappa shape index (κ3) is 4.02. The number of anilines is 1. The van der Waals surface area contributed by atoms with Crippen LogP contribution < -0.4 is 5.32 Å². The van der Waals surface area contributed by atoms with Crippen LogP contribution in [0.3, 0.4) is 0 Å². The minimum absolute atomic E-state index is 0.0393. The molecule has 1 unspecified atom stereocenters. The van der Waals surface area contributed by atoms with Gasteiger partial charge in [0.15, 0.2) is 0 Å². The van der Waals surface area contributed by atoms with Gasteiger partial charge in [0.1, 0.15) is 11.6 Å². The molecule has 2 N–H and O–H groups in total. The van der Waals surface area contributed by atoms with E-state index in [0.717, 1.165) is 23.9 Å². The molecule has 0 aliphatic heterocycles. The van der Waals surface area contributed by atoms with Crippen LogP contribution in [-0.4, -0.2) is 11.7 Å². The molecule has 2 rings (SSSR count). The van der Waals surface area contributed by atoms with E-state index >= 15 is 0 Å². The van der Waals surface area contributed by atoms with Crippen LogP contribution in [0, 0.1) is 11.6 Å². The van der Waals surface area contributed by atoms with Crippen LogP contribution >= 0.6 is 0 Å². The molecule has 0 radical (unpaired) electrons. The zero-order valence-electron chi connectivity index (χ0n) is 12.1. The Hall–Kier alpha value is -1.94. The van der Waals surface area contributed by atoms with E-state index in [4.69, 9.17) is 0 Å². The van der Waals surface area contributed by atoms with Crippen molar-refractivity contribution in [3.05, 3.63) is 65.2 Å². The summed E-state index contributed by atoms with van der Waals surface area (Å²) in [4.78, 5) is 0. The highest BCUT2D eigenvalue weighted by Gasteiger charge is 2.13. The van der Waals surface area contributed by atoms with E-state index in [0.29, 0.717) is 5.92 Å². The molecule has 21 heavy (non-hydrogen) atoms. The van der Waals surface area contributed by atoms with Crippen LogP contribution in [-0.2, 0) is 0 Å². The molecule has 4 heteroatoms. The van der Waals surface area contributed by atoms with E-state index in [1.54, 1.807) is 0 Å². The van der Waals surface area contributed by atoms with Gasteiger partial charge in [0.05, 0.1) is 6.10 Å². The van der Waals surface area contributed by atoms with Crippen molar-refractivity contribution >= 4 is 5.69 Å². The molecular formula is C17H19F2NO. The highest BCUT2D eigenvalue weighted by Crippen LogP contribution is 2.21. The maximum Gasteiger partial charge on any atom is 0.129 e. The standard InChI is InChI=1S/C17H19F2NO/c1-11(2)12-4-3-5-14(8-12)20-10-17(21)15-9-13(18)6-7-16(15)19/h3-9,11,17,20-21H,10H2,1-2H3. The lowest BCUT2D eigenvalue weighted by molar-refractivity contribution is 0.186. The summed E-state index contributed by atoms with van der Waals surface area (Å²) in [5, 5.41) is 13.0. The van der Waals surface area contributed by atoms with Crippen molar-refractivity contribution in [1.82, 2.24) is 0 Å². The highest BCUT2D eigenvalue weighted by molar-refractivity contribution is 5.46. The lowest BCUT2D eigenvalue weighted by atomic mass is 10.0. The fourth-order valence-electron chi connectivity index (χ4n) is 2.10. The number of halogens is 2. The Labute approximate surface area is 123 Å². The number of hydrogen-bond acceptors (Lipinski definition) is 2. The number of hydrogen-bond donors (Lipinski definition) is 2. The van der Waals surface area contributed by atoms with Crippen molar-refractivity contribution in [2.45, 2.75) is 25.9 Å². The normalized spacial score (nSPS) is 12.5. The first-order valence-electron chi connectivity index (χ1n) is 6.94. The molecule has 2 aromatic carbocycles. The first-order chi connectivity index (χ1) is 9.97. The third-order valence-electron chi connectivity index (χ3n) is 3.37. The van der Waals surface area contributed by atoms with Gasteiger partial charge in [-0.1, -0.05) is 26.0 Å². The van der Waals surface area contributed by atoms with Crippen LogP contribution in [0.5, 0.6) is 0 Å². The monoisotopic (exact) mass is 291 g/mol. The van der Waals surface area contributed by atoms with Gasteiger partial charge in [0, 0.05) is 17.8 Å². The molecule has 0 aliphatic carbocycles. The van der Waals surface area contributed by atoms with E-state index < -0.39 is 17.7 Å². The molecule has 0 aromatic heterocycles. The summed E-state index contributed by atoms with van der Waals surface area (Å²) in [5.41, 5.74) is 1.98. The SMILES string of the molecule is CC(C)c1cccc(NCC(O)c2cc(F)ccc2F)c1. The Balaban J connectivity index is 2.05. The fourth-order valence-corrected chi connectivity index (χ4v) is 2.10. The lowest BCUT2D eigenvalue weighted by Gasteiger charge is -2.15. The van der Waals surface area contributed by atoms with Crippen LogP contribution in [0.25, 0.3) is 0 Å². The van der Waals surface area contributed by atoms with Crippen LogP contribution in [0.2, 0.25) is 0 Å². The summed E-state index contributed by atoms with van der Waals surface area (Å²) in [6.45, 7) is 4.30. The fraction of sp³-hybridized carbons (Fsp3) is 0.294. The molecule has 0 saturated heterocycles. The molecule has 2 aromatic rings. The first kappa shape index (κ1) is 15.4. The Bertz CT molecular complexity index is 613. The molecule has 0 bridgehead atoms. The van der Waals surface area contributed by atoms with Gasteiger partial charge in [-0.25, -0.2) is 8.78 Å². The summed E-state index contributed by atoms with van der Waals surface area (Å²) in [6, 6.07) is 10.9. The van der Waals surface area contributed by atoms with Crippen molar-refractivity contribution in [1.29, 1.82) is 0 Å². The van der Waals surface area contributed by atoms with Gasteiger partial charge in [-0.15, -0.1) is 0 Å². The van der Waals surface area contributed by atoms with E-state index in [9.17, 15) is 13.9 Å². The van der Waals surface area contributed by atoms with E-state index in [-0.39, 0.29) is 12.1 Å². The second-order valence-electron chi connectivity index (χ2n) is 5.34. The van der Waals surface area contributed by atoms with Crippen molar-refractivity contribution in [3.8, 4) is 0 Å². The van der Waals surface area contributed by atoms with E-state index in [1.165, 1.54) is 5.56 Å². The zero-order chi connectivity index (χ0) is 15.4. The maximum absolute atomic E-state index is 13.6. The van der Waals surface area contributed by atoms with E-state index in [1.807, 2.05) is 24.3 Å². The third-order valence-corrected chi connectivity index (χ3v) is 3.37. The molecule has 0 spiro atoms. The van der Waals surface area contributed by atoms with Crippen molar-refractivity contribution in [3.63, 3.8) is 0 Å². The summed E-state index contributed by atoms with van der Waals surface area (Å²) >= 11 is 0. The topological polar surface area (TPSA) is 32.3 Å². The number of aliphatic hydroxyl groups is 1. The number of rotatable bonds is 5. The lowest BCUT2D eigenvalue weighted by Crippen LogP contribution is -2.14. The van der Waals surface area contributed by atoms with Crippen molar-refractivity contribution < 1.29 is 13.9 Å². The van der Waals surface area contributed by atoms with Gasteiger partial charge in [-0.2, -0.15) is 0 Å². The molecule has 0 heterocycles. The predicted molar refractivity (Wildman–Crippen MR) is 80.3 cm³/mol. The number of nitrogens with one attached hydrogen (secondary N) is 1. The Morgan fingerprint density at radius 3 is 2.57 bits per heavy atom. The van der Waals surface area contributed by atoms with Crippen molar-refractivity contribution in [2.75, 3.05) is 11.9 Å². The molecule has 0 amide bonds. The van der Waals surface area contributed by atoms with Gasteiger partial charge in [-0.05, 0) is 41.8 Å². The second kappa shape index (κ2) is 6.68. The summed E-state index contributed by atoms with van der Waals surface area (Å²) < 4.78 is 26.7. The summed E-state index contributed by atoms with van der Waals surface area (Å²) in [5.74, 6) is -0.772. The smallest absolute Gasteiger partial charge is 0.129 e. The average molecular weight is 291 g/mol. The Morgan fingerprint density at radius 1 is 1.10 bits per heavy atom. The predicted octanol–water partition coefficient (Wildman–Crippen LogP) is 4.23. The second-order valence-corrected chi connectivity index (χ2v) is 5.34. The molecule has 0 fully saturated rings. The van der Waals surface area contributed by atoms with E-state index in [2.05, 4.69) is 19.2 Å². The molecule has 2 nitrogen and oxygen atoms in total. The highest BCUT2D eigenvalue weighted by atomic mass is 19.1. The van der Waals surface area contributed by atoms with Gasteiger partial charge in [-0.3, -0.25) is 0 Å². The van der Waals surface area contributed by atoms with Crippen LogP contribution in [0.4, 0.5) is 14.5 Å². The van der Waals surface area contributed by atoms with Gasteiger partial charge < -0.3 is 10.4 Å².